The molecule has 3 aromatic rings. The molecule has 2 atom stereocenters. The van der Waals surface area contributed by atoms with Crippen LogP contribution in [0.3, 0.4) is 0 Å². The standard InChI is InChI=1S/C25H28N2/c1-17-7-9-24-22(13-17)23-15-18(8-10-25(23)27-24)14-21-16-20(11-12-26-21)19-5-3-2-4-6-19/h2-7,9,11,13,18,21,26-27H,8,10,12,14-16H2,1H3. The maximum Gasteiger partial charge on any atom is 0.0459 e. The highest BCUT2D eigenvalue weighted by Gasteiger charge is 2.26. The molecule has 0 saturated carbocycles. The zero-order chi connectivity index (χ0) is 18.2. The lowest BCUT2D eigenvalue weighted by atomic mass is 9.80. The molecule has 1 aliphatic carbocycles. The summed E-state index contributed by atoms with van der Waals surface area (Å²) in [4.78, 5) is 3.67. The van der Waals surface area contributed by atoms with Crippen LogP contribution in [0.25, 0.3) is 16.5 Å². The van der Waals surface area contributed by atoms with E-state index in [1.807, 2.05) is 0 Å². The van der Waals surface area contributed by atoms with Gasteiger partial charge in [0.15, 0.2) is 0 Å². The van der Waals surface area contributed by atoms with E-state index in [2.05, 4.69) is 71.8 Å². The lowest BCUT2D eigenvalue weighted by Crippen LogP contribution is -2.35. The highest BCUT2D eigenvalue weighted by Crippen LogP contribution is 2.35. The zero-order valence-corrected chi connectivity index (χ0v) is 16.1. The number of H-pyrrole nitrogens is 1. The van der Waals surface area contributed by atoms with Gasteiger partial charge in [-0.2, -0.15) is 0 Å². The van der Waals surface area contributed by atoms with Crippen LogP contribution in [-0.4, -0.2) is 17.6 Å². The summed E-state index contributed by atoms with van der Waals surface area (Å²) in [6.45, 7) is 3.20. The molecule has 27 heavy (non-hydrogen) atoms. The van der Waals surface area contributed by atoms with Crippen LogP contribution >= 0.6 is 0 Å². The van der Waals surface area contributed by atoms with Crippen molar-refractivity contribution in [1.29, 1.82) is 0 Å². The number of fused-ring (bicyclic) bond motifs is 3. The van der Waals surface area contributed by atoms with Crippen LogP contribution in [0.15, 0.2) is 54.6 Å². The Labute approximate surface area is 161 Å². The molecule has 0 radical (unpaired) electrons. The van der Waals surface area contributed by atoms with E-state index in [0.29, 0.717) is 6.04 Å². The summed E-state index contributed by atoms with van der Waals surface area (Å²) in [6.07, 6.45) is 8.53. The fourth-order valence-electron chi connectivity index (χ4n) is 5.03. The Morgan fingerprint density at radius 1 is 1.04 bits per heavy atom. The van der Waals surface area contributed by atoms with Crippen molar-refractivity contribution in [3.05, 3.63) is 77.0 Å². The van der Waals surface area contributed by atoms with Crippen molar-refractivity contribution in [2.75, 3.05) is 6.54 Å². The normalized spacial score (nSPS) is 22.5. The molecule has 5 rings (SSSR count). The smallest absolute Gasteiger partial charge is 0.0459 e. The van der Waals surface area contributed by atoms with Crippen molar-refractivity contribution >= 4 is 16.5 Å². The summed E-state index contributed by atoms with van der Waals surface area (Å²) >= 11 is 0. The Morgan fingerprint density at radius 2 is 1.93 bits per heavy atom. The van der Waals surface area contributed by atoms with Gasteiger partial charge in [0, 0.05) is 29.2 Å². The molecule has 2 heteroatoms. The van der Waals surface area contributed by atoms with Gasteiger partial charge in [0.05, 0.1) is 0 Å². The third-order valence-electron chi connectivity index (χ3n) is 6.43. The SMILES string of the molecule is Cc1ccc2[nH]c3c(c2c1)CC(CC1CC(c2ccccc2)=CCN1)CC3. The van der Waals surface area contributed by atoms with Crippen molar-refractivity contribution < 1.29 is 0 Å². The van der Waals surface area contributed by atoms with Crippen molar-refractivity contribution in [3.8, 4) is 0 Å². The molecular weight excluding hydrogens is 328 g/mol. The number of hydrogen-bond acceptors (Lipinski definition) is 1. The number of nitrogens with one attached hydrogen (secondary N) is 2. The van der Waals surface area contributed by atoms with Gasteiger partial charge in [0.2, 0.25) is 0 Å². The second-order valence-corrected chi connectivity index (χ2v) is 8.38. The maximum absolute atomic E-state index is 3.75. The molecule has 2 aromatic carbocycles. The van der Waals surface area contributed by atoms with Crippen molar-refractivity contribution in [2.24, 2.45) is 5.92 Å². The molecule has 1 aliphatic heterocycles. The molecule has 2 aliphatic rings. The van der Waals surface area contributed by atoms with Crippen molar-refractivity contribution in [2.45, 2.75) is 45.1 Å². The Bertz CT molecular complexity index is 980. The largest absolute Gasteiger partial charge is 0.358 e. The van der Waals surface area contributed by atoms with Crippen LogP contribution in [0.4, 0.5) is 0 Å². The molecule has 1 aromatic heterocycles. The zero-order valence-electron chi connectivity index (χ0n) is 16.1. The lowest BCUT2D eigenvalue weighted by Gasteiger charge is -2.30. The molecule has 0 fully saturated rings. The first-order chi connectivity index (χ1) is 13.3. The summed E-state index contributed by atoms with van der Waals surface area (Å²) in [5, 5.41) is 5.20. The third-order valence-corrected chi connectivity index (χ3v) is 6.43. The maximum atomic E-state index is 3.75. The number of aryl methyl sites for hydroxylation is 2. The van der Waals surface area contributed by atoms with E-state index in [4.69, 9.17) is 0 Å². The quantitative estimate of drug-likeness (QED) is 0.644. The monoisotopic (exact) mass is 356 g/mol. The molecule has 0 spiro atoms. The summed E-state index contributed by atoms with van der Waals surface area (Å²) < 4.78 is 0. The first-order valence-electron chi connectivity index (χ1n) is 10.3. The second kappa shape index (κ2) is 7.01. The number of aromatic nitrogens is 1. The predicted molar refractivity (Wildman–Crippen MR) is 114 cm³/mol. The molecule has 138 valence electrons. The topological polar surface area (TPSA) is 27.8 Å². The molecule has 2 unspecified atom stereocenters. The minimum atomic E-state index is 0.601. The van der Waals surface area contributed by atoms with Gasteiger partial charge in [0.1, 0.15) is 0 Å². The van der Waals surface area contributed by atoms with E-state index in [0.717, 1.165) is 18.9 Å². The molecule has 0 amide bonds. The van der Waals surface area contributed by atoms with Gasteiger partial charge in [-0.25, -0.2) is 0 Å². The molecule has 2 N–H and O–H groups in total. The average Bonchev–Trinajstić information content (AvgIpc) is 3.06. The van der Waals surface area contributed by atoms with Gasteiger partial charge in [0.25, 0.3) is 0 Å². The van der Waals surface area contributed by atoms with Gasteiger partial charge >= 0.3 is 0 Å². The molecule has 0 saturated heterocycles. The Morgan fingerprint density at radius 3 is 2.81 bits per heavy atom. The van der Waals surface area contributed by atoms with Gasteiger partial charge in [-0.1, -0.05) is 48.0 Å². The number of benzene rings is 2. The summed E-state index contributed by atoms with van der Waals surface area (Å²) in [5.41, 5.74) is 8.64. The van der Waals surface area contributed by atoms with E-state index in [9.17, 15) is 0 Å². The average molecular weight is 357 g/mol. The van der Waals surface area contributed by atoms with Crippen molar-refractivity contribution in [1.82, 2.24) is 10.3 Å². The molecule has 0 bridgehead atoms. The van der Waals surface area contributed by atoms with Crippen LogP contribution in [0.5, 0.6) is 0 Å². The van der Waals surface area contributed by atoms with Crippen LogP contribution in [0.1, 0.15) is 41.6 Å². The Kier molecular flexibility index (Phi) is 4.37. The fraction of sp³-hybridized carbons (Fsp3) is 0.360. The number of hydrogen-bond donors (Lipinski definition) is 2. The Hall–Kier alpha value is -2.32. The first-order valence-corrected chi connectivity index (χ1v) is 10.3. The van der Waals surface area contributed by atoms with Gasteiger partial charge in [-0.3, -0.25) is 0 Å². The fourth-order valence-corrected chi connectivity index (χ4v) is 5.03. The van der Waals surface area contributed by atoms with Gasteiger partial charge in [-0.15, -0.1) is 0 Å². The molecular formula is C25H28N2. The minimum Gasteiger partial charge on any atom is -0.358 e. The van der Waals surface area contributed by atoms with Gasteiger partial charge in [-0.05, 0) is 73.8 Å². The van der Waals surface area contributed by atoms with E-state index in [-0.39, 0.29) is 0 Å². The van der Waals surface area contributed by atoms with E-state index >= 15 is 0 Å². The van der Waals surface area contributed by atoms with Crippen LogP contribution in [0.2, 0.25) is 0 Å². The Balaban J connectivity index is 1.31. The summed E-state index contributed by atoms with van der Waals surface area (Å²) in [5.74, 6) is 0.782. The minimum absolute atomic E-state index is 0.601. The highest BCUT2D eigenvalue weighted by molar-refractivity contribution is 5.85. The van der Waals surface area contributed by atoms with Gasteiger partial charge < -0.3 is 10.3 Å². The van der Waals surface area contributed by atoms with E-state index < -0.39 is 0 Å². The number of rotatable bonds is 3. The van der Waals surface area contributed by atoms with Crippen LogP contribution < -0.4 is 5.32 Å². The number of aromatic amines is 1. The second-order valence-electron chi connectivity index (χ2n) is 8.38. The lowest BCUT2D eigenvalue weighted by molar-refractivity contribution is 0.356. The molecule has 2 nitrogen and oxygen atoms in total. The summed E-state index contributed by atoms with van der Waals surface area (Å²) in [7, 11) is 0. The van der Waals surface area contributed by atoms with E-state index in [1.54, 1.807) is 5.56 Å². The van der Waals surface area contributed by atoms with Crippen LogP contribution in [-0.2, 0) is 12.8 Å². The third kappa shape index (κ3) is 3.35. The van der Waals surface area contributed by atoms with Crippen LogP contribution in [0, 0.1) is 12.8 Å². The van der Waals surface area contributed by atoms with E-state index in [1.165, 1.54) is 59.0 Å². The molecule has 2 heterocycles. The predicted octanol–water partition coefficient (Wildman–Crippen LogP) is 5.42. The highest BCUT2D eigenvalue weighted by atomic mass is 14.9. The first kappa shape index (κ1) is 16.8. The summed E-state index contributed by atoms with van der Waals surface area (Å²) in [6, 6.07) is 18.3. The van der Waals surface area contributed by atoms with Crippen molar-refractivity contribution in [3.63, 3.8) is 0 Å².